The molecule has 1 aromatic heterocycles. The number of carbonyl (C=O) groups is 1. The number of hydrogen-bond donors (Lipinski definition) is 1. The molecule has 1 aromatic rings. The van der Waals surface area contributed by atoms with Gasteiger partial charge in [-0.05, 0) is 38.8 Å². The van der Waals surface area contributed by atoms with Gasteiger partial charge in [0.1, 0.15) is 6.04 Å². The van der Waals surface area contributed by atoms with Crippen LogP contribution in [0.3, 0.4) is 0 Å². The molecule has 0 bridgehead atoms. The maximum Gasteiger partial charge on any atom is 0.247 e. The monoisotopic (exact) mass is 308 g/mol. The Morgan fingerprint density at radius 2 is 2.21 bits per heavy atom. The zero-order valence-corrected chi connectivity index (χ0v) is 12.9. The number of nitrogens with zero attached hydrogens (tertiary/aromatic N) is 3. The molecule has 0 radical (unpaired) electrons. The molecule has 1 aliphatic heterocycles. The number of amides is 1. The Bertz CT molecular complexity index is 385. The van der Waals surface area contributed by atoms with Crippen LogP contribution in [0.1, 0.15) is 26.3 Å². The smallest absolute Gasteiger partial charge is 0.247 e. The van der Waals surface area contributed by atoms with E-state index in [2.05, 4.69) is 12.0 Å². The second-order valence-corrected chi connectivity index (χ2v) is 4.84. The molecule has 2 heterocycles. The molecule has 19 heavy (non-hydrogen) atoms. The lowest BCUT2D eigenvalue weighted by Gasteiger charge is -2.25. The van der Waals surface area contributed by atoms with Gasteiger partial charge in [-0.3, -0.25) is 9.48 Å². The first kappa shape index (κ1) is 18.2. The average Bonchev–Trinajstić information content (AvgIpc) is 2.95. The van der Waals surface area contributed by atoms with Crippen molar-refractivity contribution in [1.82, 2.24) is 14.7 Å². The van der Waals surface area contributed by atoms with E-state index in [1.165, 1.54) is 0 Å². The Hall–Kier alpha value is -0.780. The van der Waals surface area contributed by atoms with Crippen LogP contribution < -0.4 is 5.73 Å². The summed E-state index contributed by atoms with van der Waals surface area (Å²) in [4.78, 5) is 14.3. The van der Waals surface area contributed by atoms with Crippen LogP contribution in [0.15, 0.2) is 18.5 Å². The van der Waals surface area contributed by atoms with Crippen LogP contribution in [0.25, 0.3) is 0 Å². The van der Waals surface area contributed by atoms with Crippen molar-refractivity contribution in [3.8, 4) is 0 Å². The van der Waals surface area contributed by atoms with Crippen molar-refractivity contribution in [2.75, 3.05) is 13.1 Å². The molecule has 2 rings (SSSR count). The third-order valence-corrected chi connectivity index (χ3v) is 3.56. The summed E-state index contributed by atoms with van der Waals surface area (Å²) in [6, 6.07) is 1.89. The Morgan fingerprint density at radius 3 is 2.68 bits per heavy atom. The molecule has 0 saturated carbocycles. The molecule has 110 valence electrons. The number of aromatic nitrogens is 2. The van der Waals surface area contributed by atoms with Gasteiger partial charge >= 0.3 is 0 Å². The van der Waals surface area contributed by atoms with Crippen LogP contribution in [0.5, 0.6) is 0 Å². The standard InChI is InChI=1S/C12H20N4O.2ClH/c1-9-6-11(7-13)8-15(9)12(17)10(2)16-5-3-4-14-16;;/h3-5,9-11H,6-8,13H2,1-2H3;2*1H. The topological polar surface area (TPSA) is 64.2 Å². The molecule has 5 nitrogen and oxygen atoms in total. The van der Waals surface area contributed by atoms with Crippen LogP contribution in [-0.4, -0.2) is 39.7 Å². The fourth-order valence-electron chi connectivity index (χ4n) is 2.48. The van der Waals surface area contributed by atoms with Crippen molar-refractivity contribution in [1.29, 1.82) is 0 Å². The molecule has 1 aliphatic rings. The molecule has 0 aromatic carbocycles. The predicted molar refractivity (Wildman–Crippen MR) is 79.8 cm³/mol. The highest BCUT2D eigenvalue weighted by Gasteiger charge is 2.34. The largest absolute Gasteiger partial charge is 0.338 e. The minimum atomic E-state index is -0.232. The highest BCUT2D eigenvalue weighted by Crippen LogP contribution is 2.24. The van der Waals surface area contributed by atoms with Crippen molar-refractivity contribution in [3.63, 3.8) is 0 Å². The van der Waals surface area contributed by atoms with E-state index in [0.29, 0.717) is 12.5 Å². The Balaban J connectivity index is 0.00000162. The van der Waals surface area contributed by atoms with E-state index in [1.54, 1.807) is 10.9 Å². The van der Waals surface area contributed by atoms with Gasteiger partial charge < -0.3 is 10.6 Å². The number of rotatable bonds is 3. The normalized spacial score (nSPS) is 23.4. The third kappa shape index (κ3) is 3.84. The number of hydrogen-bond acceptors (Lipinski definition) is 3. The average molecular weight is 309 g/mol. The lowest BCUT2D eigenvalue weighted by molar-refractivity contribution is -0.135. The summed E-state index contributed by atoms with van der Waals surface area (Å²) in [6.45, 7) is 5.41. The summed E-state index contributed by atoms with van der Waals surface area (Å²) in [5, 5.41) is 4.12. The van der Waals surface area contributed by atoms with Crippen LogP contribution in [0, 0.1) is 5.92 Å². The number of halogens is 2. The van der Waals surface area contributed by atoms with Gasteiger partial charge in [-0.25, -0.2) is 0 Å². The number of carbonyl (C=O) groups excluding carboxylic acids is 1. The van der Waals surface area contributed by atoms with E-state index in [1.807, 2.05) is 24.1 Å². The van der Waals surface area contributed by atoms with Gasteiger partial charge in [-0.1, -0.05) is 0 Å². The quantitative estimate of drug-likeness (QED) is 0.920. The first-order valence-electron chi connectivity index (χ1n) is 6.13. The summed E-state index contributed by atoms with van der Waals surface area (Å²) in [5.41, 5.74) is 5.67. The molecule has 1 saturated heterocycles. The van der Waals surface area contributed by atoms with Crippen LogP contribution in [0.2, 0.25) is 0 Å². The molecule has 1 amide bonds. The SMILES string of the molecule is CC1CC(CN)CN1C(=O)C(C)n1cccn1.Cl.Cl. The molecule has 0 aliphatic carbocycles. The van der Waals surface area contributed by atoms with E-state index >= 15 is 0 Å². The van der Waals surface area contributed by atoms with E-state index in [4.69, 9.17) is 5.73 Å². The van der Waals surface area contributed by atoms with Gasteiger partial charge in [0.25, 0.3) is 0 Å². The number of likely N-dealkylation sites (tertiary alicyclic amines) is 1. The minimum Gasteiger partial charge on any atom is -0.338 e. The predicted octanol–water partition coefficient (Wildman–Crippen LogP) is 1.48. The zero-order chi connectivity index (χ0) is 12.4. The van der Waals surface area contributed by atoms with Crippen molar-refractivity contribution in [2.45, 2.75) is 32.4 Å². The van der Waals surface area contributed by atoms with Gasteiger partial charge in [0.2, 0.25) is 5.91 Å². The van der Waals surface area contributed by atoms with Crippen molar-refractivity contribution >= 4 is 30.7 Å². The summed E-state index contributed by atoms with van der Waals surface area (Å²) in [5.74, 6) is 0.580. The molecule has 0 spiro atoms. The Labute approximate surface area is 126 Å². The highest BCUT2D eigenvalue weighted by atomic mass is 35.5. The number of nitrogens with two attached hydrogens (primary N) is 1. The molecule has 1 fully saturated rings. The van der Waals surface area contributed by atoms with E-state index < -0.39 is 0 Å². The first-order valence-corrected chi connectivity index (χ1v) is 6.13. The first-order chi connectivity index (χ1) is 8.13. The molecule has 3 atom stereocenters. The summed E-state index contributed by atoms with van der Waals surface area (Å²) < 4.78 is 1.70. The molecule has 2 N–H and O–H groups in total. The van der Waals surface area contributed by atoms with Gasteiger partial charge in [0, 0.05) is 25.0 Å². The van der Waals surface area contributed by atoms with Crippen LogP contribution in [0.4, 0.5) is 0 Å². The summed E-state index contributed by atoms with van der Waals surface area (Å²) >= 11 is 0. The van der Waals surface area contributed by atoms with Crippen molar-refractivity contribution in [2.24, 2.45) is 11.7 Å². The van der Waals surface area contributed by atoms with Crippen LogP contribution in [-0.2, 0) is 4.79 Å². The lowest BCUT2D eigenvalue weighted by atomic mass is 10.1. The minimum absolute atomic E-state index is 0. The van der Waals surface area contributed by atoms with E-state index in [-0.39, 0.29) is 42.8 Å². The van der Waals surface area contributed by atoms with E-state index in [9.17, 15) is 4.79 Å². The van der Waals surface area contributed by atoms with Gasteiger partial charge in [0.05, 0.1) is 0 Å². The van der Waals surface area contributed by atoms with Crippen molar-refractivity contribution in [3.05, 3.63) is 18.5 Å². The van der Waals surface area contributed by atoms with Crippen LogP contribution >= 0.6 is 24.8 Å². The van der Waals surface area contributed by atoms with Gasteiger partial charge in [0.15, 0.2) is 0 Å². The molecule has 7 heteroatoms. The second-order valence-electron chi connectivity index (χ2n) is 4.84. The molecule has 3 unspecified atom stereocenters. The van der Waals surface area contributed by atoms with Gasteiger partial charge in [-0.2, -0.15) is 5.10 Å². The Morgan fingerprint density at radius 1 is 1.53 bits per heavy atom. The molecular formula is C12H22Cl2N4O. The Kier molecular flexibility index (Phi) is 7.41. The van der Waals surface area contributed by atoms with E-state index in [0.717, 1.165) is 13.0 Å². The zero-order valence-electron chi connectivity index (χ0n) is 11.2. The van der Waals surface area contributed by atoms with Gasteiger partial charge in [-0.15, -0.1) is 24.8 Å². The summed E-state index contributed by atoms with van der Waals surface area (Å²) in [7, 11) is 0. The van der Waals surface area contributed by atoms with Crippen molar-refractivity contribution < 1.29 is 4.79 Å². The lowest BCUT2D eigenvalue weighted by Crippen LogP contribution is -2.39. The fourth-order valence-corrected chi connectivity index (χ4v) is 2.48. The highest BCUT2D eigenvalue weighted by molar-refractivity contribution is 5.85. The fraction of sp³-hybridized carbons (Fsp3) is 0.667. The second kappa shape index (κ2) is 7.72. The third-order valence-electron chi connectivity index (χ3n) is 3.56. The molecular weight excluding hydrogens is 287 g/mol. The maximum absolute atomic E-state index is 12.3. The summed E-state index contributed by atoms with van der Waals surface area (Å²) in [6.07, 6.45) is 4.53. The maximum atomic E-state index is 12.3.